The first kappa shape index (κ1) is 15.3. The summed E-state index contributed by atoms with van der Waals surface area (Å²) < 4.78 is 2.24. The van der Waals surface area contributed by atoms with Crippen LogP contribution in [0.25, 0.3) is 0 Å². The van der Waals surface area contributed by atoms with Gasteiger partial charge >= 0.3 is 0 Å². The molecule has 0 radical (unpaired) electrons. The highest BCUT2D eigenvalue weighted by molar-refractivity contribution is 5.36. The average Bonchev–Trinajstić information content (AvgIpc) is 2.38. The third-order valence-electron chi connectivity index (χ3n) is 3.13. The Balaban J connectivity index is 3.48. The van der Waals surface area contributed by atoms with Crippen LogP contribution >= 0.6 is 0 Å². The second-order valence-corrected chi connectivity index (χ2v) is 7.88. The van der Waals surface area contributed by atoms with E-state index in [4.69, 9.17) is 5.10 Å². The summed E-state index contributed by atoms with van der Waals surface area (Å²) in [5.41, 5.74) is 4.31. The molecule has 1 rings (SSSR count). The lowest BCUT2D eigenvalue weighted by Crippen LogP contribution is -2.25. The Morgan fingerprint density at radius 3 is 1.83 bits per heavy atom. The normalized spacial score (nSPS) is 13.4. The van der Waals surface area contributed by atoms with Crippen LogP contribution in [0.1, 0.15) is 72.3 Å². The lowest BCUT2D eigenvalue weighted by Gasteiger charge is -2.28. The van der Waals surface area contributed by atoms with E-state index in [2.05, 4.69) is 67.0 Å². The first-order valence-corrected chi connectivity index (χ1v) is 7.03. The Bertz CT molecular complexity index is 412. The minimum Gasteiger partial charge on any atom is -0.268 e. The zero-order valence-electron chi connectivity index (χ0n) is 13.7. The van der Waals surface area contributed by atoms with Crippen molar-refractivity contribution in [2.75, 3.05) is 0 Å². The predicted octanol–water partition coefficient (Wildman–Crippen LogP) is 4.44. The van der Waals surface area contributed by atoms with Crippen molar-refractivity contribution in [3.05, 3.63) is 17.0 Å². The molecule has 0 saturated heterocycles. The van der Waals surface area contributed by atoms with Crippen LogP contribution in [0.4, 0.5) is 0 Å². The van der Waals surface area contributed by atoms with Crippen molar-refractivity contribution in [2.45, 2.75) is 79.7 Å². The Hall–Kier alpha value is -0.790. The van der Waals surface area contributed by atoms with Gasteiger partial charge in [0, 0.05) is 23.2 Å². The molecule has 0 aromatic carbocycles. The van der Waals surface area contributed by atoms with Crippen LogP contribution in [-0.2, 0) is 17.4 Å². The highest BCUT2D eigenvalue weighted by Gasteiger charge is 2.32. The zero-order chi connectivity index (χ0) is 14.3. The predicted molar refractivity (Wildman–Crippen MR) is 79.2 cm³/mol. The molecule has 0 saturated carbocycles. The standard InChI is InChI=1S/C16H30N2/c1-11(2)10-18-14(16(7,8)9)13(12(3)17-18)15(4,5)6/h11H,10H2,1-9H3. The van der Waals surface area contributed by atoms with Crippen LogP contribution < -0.4 is 0 Å². The smallest absolute Gasteiger partial charge is 0.0634 e. The molecule has 1 heterocycles. The van der Waals surface area contributed by atoms with Crippen LogP contribution in [0.2, 0.25) is 0 Å². The molecule has 0 aliphatic rings. The average molecular weight is 250 g/mol. The van der Waals surface area contributed by atoms with Crippen molar-refractivity contribution in [1.82, 2.24) is 9.78 Å². The van der Waals surface area contributed by atoms with Crippen molar-refractivity contribution in [3.8, 4) is 0 Å². The van der Waals surface area contributed by atoms with E-state index in [0.29, 0.717) is 5.92 Å². The number of hydrogen-bond donors (Lipinski definition) is 0. The van der Waals surface area contributed by atoms with Crippen molar-refractivity contribution >= 4 is 0 Å². The van der Waals surface area contributed by atoms with Gasteiger partial charge in [-0.1, -0.05) is 55.4 Å². The largest absolute Gasteiger partial charge is 0.268 e. The maximum absolute atomic E-state index is 4.80. The summed E-state index contributed by atoms with van der Waals surface area (Å²) in [4.78, 5) is 0. The van der Waals surface area contributed by atoms with E-state index in [0.717, 1.165) is 6.54 Å². The zero-order valence-corrected chi connectivity index (χ0v) is 13.7. The fourth-order valence-electron chi connectivity index (χ4n) is 2.72. The maximum Gasteiger partial charge on any atom is 0.0634 e. The molecule has 0 aliphatic heterocycles. The van der Waals surface area contributed by atoms with E-state index in [1.54, 1.807) is 0 Å². The van der Waals surface area contributed by atoms with Crippen LogP contribution in [0.15, 0.2) is 0 Å². The van der Waals surface area contributed by atoms with E-state index in [9.17, 15) is 0 Å². The number of rotatable bonds is 2. The Kier molecular flexibility index (Phi) is 4.00. The first-order chi connectivity index (χ1) is 7.94. The molecule has 1 aromatic heterocycles. The maximum atomic E-state index is 4.80. The Morgan fingerprint density at radius 1 is 1.00 bits per heavy atom. The van der Waals surface area contributed by atoms with Gasteiger partial charge in [0.1, 0.15) is 0 Å². The van der Waals surface area contributed by atoms with Crippen molar-refractivity contribution in [1.29, 1.82) is 0 Å². The number of aromatic nitrogens is 2. The number of hydrogen-bond acceptors (Lipinski definition) is 1. The molecular formula is C16H30N2. The van der Waals surface area contributed by atoms with Crippen LogP contribution in [0, 0.1) is 12.8 Å². The SMILES string of the molecule is Cc1nn(CC(C)C)c(C(C)(C)C)c1C(C)(C)C. The molecule has 2 heteroatoms. The molecule has 0 bridgehead atoms. The lowest BCUT2D eigenvalue weighted by atomic mass is 9.78. The van der Waals surface area contributed by atoms with Crippen LogP contribution in [-0.4, -0.2) is 9.78 Å². The van der Waals surface area contributed by atoms with E-state index in [1.807, 2.05) is 0 Å². The summed E-state index contributed by atoms with van der Waals surface area (Å²) >= 11 is 0. The number of nitrogens with zero attached hydrogens (tertiary/aromatic N) is 2. The van der Waals surface area contributed by atoms with Crippen molar-refractivity contribution in [2.24, 2.45) is 5.92 Å². The molecular weight excluding hydrogens is 220 g/mol. The molecule has 0 spiro atoms. The summed E-state index contributed by atoms with van der Waals surface area (Å²) in [6, 6.07) is 0. The molecule has 0 amide bonds. The molecule has 0 atom stereocenters. The third-order valence-corrected chi connectivity index (χ3v) is 3.13. The monoisotopic (exact) mass is 250 g/mol. The Morgan fingerprint density at radius 2 is 1.50 bits per heavy atom. The second-order valence-electron chi connectivity index (χ2n) is 7.88. The first-order valence-electron chi connectivity index (χ1n) is 7.03. The van der Waals surface area contributed by atoms with Gasteiger partial charge in [0.25, 0.3) is 0 Å². The molecule has 0 unspecified atom stereocenters. The van der Waals surface area contributed by atoms with E-state index in [1.165, 1.54) is 17.0 Å². The molecule has 0 N–H and O–H groups in total. The molecule has 104 valence electrons. The minimum atomic E-state index is 0.138. The van der Waals surface area contributed by atoms with Gasteiger partial charge in [0.2, 0.25) is 0 Å². The van der Waals surface area contributed by atoms with Gasteiger partial charge in [-0.2, -0.15) is 5.10 Å². The van der Waals surface area contributed by atoms with E-state index < -0.39 is 0 Å². The van der Waals surface area contributed by atoms with Gasteiger partial charge < -0.3 is 0 Å². The fourth-order valence-corrected chi connectivity index (χ4v) is 2.72. The van der Waals surface area contributed by atoms with Crippen LogP contribution in [0.3, 0.4) is 0 Å². The fraction of sp³-hybridized carbons (Fsp3) is 0.812. The summed E-state index contributed by atoms with van der Waals surface area (Å²) in [7, 11) is 0. The Labute approximate surface area is 113 Å². The summed E-state index contributed by atoms with van der Waals surface area (Å²) in [5, 5.41) is 4.80. The molecule has 2 nitrogen and oxygen atoms in total. The minimum absolute atomic E-state index is 0.138. The van der Waals surface area contributed by atoms with Crippen molar-refractivity contribution in [3.63, 3.8) is 0 Å². The highest BCUT2D eigenvalue weighted by atomic mass is 15.3. The van der Waals surface area contributed by atoms with Gasteiger partial charge in [-0.3, -0.25) is 4.68 Å². The van der Waals surface area contributed by atoms with Crippen molar-refractivity contribution < 1.29 is 0 Å². The lowest BCUT2D eigenvalue weighted by molar-refractivity contribution is 0.419. The summed E-state index contributed by atoms with van der Waals surface area (Å²) in [6.07, 6.45) is 0. The molecule has 18 heavy (non-hydrogen) atoms. The highest BCUT2D eigenvalue weighted by Crippen LogP contribution is 2.36. The van der Waals surface area contributed by atoms with E-state index in [-0.39, 0.29) is 10.8 Å². The summed E-state index contributed by atoms with van der Waals surface area (Å²) in [6.45, 7) is 21.4. The summed E-state index contributed by atoms with van der Waals surface area (Å²) in [5.74, 6) is 0.623. The molecule has 0 aliphatic carbocycles. The topological polar surface area (TPSA) is 17.8 Å². The van der Waals surface area contributed by atoms with Gasteiger partial charge in [-0.25, -0.2) is 0 Å². The van der Waals surface area contributed by atoms with Gasteiger partial charge in [-0.15, -0.1) is 0 Å². The van der Waals surface area contributed by atoms with Gasteiger partial charge in [0.05, 0.1) is 5.69 Å². The molecule has 0 fully saturated rings. The molecule has 1 aromatic rings. The van der Waals surface area contributed by atoms with Crippen LogP contribution in [0.5, 0.6) is 0 Å². The second kappa shape index (κ2) is 4.71. The van der Waals surface area contributed by atoms with E-state index >= 15 is 0 Å². The van der Waals surface area contributed by atoms with Gasteiger partial charge in [-0.05, 0) is 18.3 Å². The quantitative estimate of drug-likeness (QED) is 0.758. The van der Waals surface area contributed by atoms with Gasteiger partial charge in [0.15, 0.2) is 0 Å². The number of aryl methyl sites for hydroxylation is 1. The third kappa shape index (κ3) is 3.15.